The summed E-state index contributed by atoms with van der Waals surface area (Å²) in [6, 6.07) is 0. The van der Waals surface area contributed by atoms with Gasteiger partial charge < -0.3 is 19.5 Å². The fraction of sp³-hybridized carbons (Fsp3) is 0.583. The van der Waals surface area contributed by atoms with E-state index in [9.17, 15) is 0 Å². The fourth-order valence-corrected chi connectivity index (χ4v) is 2.00. The van der Waals surface area contributed by atoms with Crippen molar-refractivity contribution < 1.29 is 4.74 Å². The van der Waals surface area contributed by atoms with E-state index in [1.54, 1.807) is 13.4 Å². The standard InChI is InChI=1S/C12H19ClN6O/c1-18(2)5-4-14-10-9-11(17-12(13)16-10)15-8-19(9)6-7-20-3/h8H,4-7H2,1-3H3,(H,14,16,17). The van der Waals surface area contributed by atoms with Crippen LogP contribution in [0.1, 0.15) is 0 Å². The number of aromatic nitrogens is 4. The second-order valence-electron chi connectivity index (χ2n) is 4.67. The van der Waals surface area contributed by atoms with Crippen LogP contribution in [0, 0.1) is 0 Å². The Morgan fingerprint density at radius 1 is 1.40 bits per heavy atom. The molecule has 2 heterocycles. The van der Waals surface area contributed by atoms with Crippen molar-refractivity contribution in [3.8, 4) is 0 Å². The molecule has 7 nitrogen and oxygen atoms in total. The maximum absolute atomic E-state index is 5.93. The second-order valence-corrected chi connectivity index (χ2v) is 5.01. The Morgan fingerprint density at radius 2 is 2.20 bits per heavy atom. The summed E-state index contributed by atoms with van der Waals surface area (Å²) in [6.45, 7) is 2.96. The Labute approximate surface area is 122 Å². The molecule has 2 aromatic heterocycles. The number of fused-ring (bicyclic) bond motifs is 1. The van der Waals surface area contributed by atoms with Crippen molar-refractivity contribution in [2.24, 2.45) is 0 Å². The minimum absolute atomic E-state index is 0.196. The van der Waals surface area contributed by atoms with Crippen LogP contribution >= 0.6 is 11.6 Å². The first-order valence-corrected chi connectivity index (χ1v) is 6.75. The summed E-state index contributed by atoms with van der Waals surface area (Å²) in [5, 5.41) is 3.48. The third-order valence-corrected chi connectivity index (χ3v) is 3.00. The van der Waals surface area contributed by atoms with Gasteiger partial charge in [-0.05, 0) is 25.7 Å². The van der Waals surface area contributed by atoms with Crippen LogP contribution in [0.25, 0.3) is 11.2 Å². The molecule has 0 aliphatic rings. The van der Waals surface area contributed by atoms with E-state index in [1.165, 1.54) is 0 Å². The number of nitrogens with zero attached hydrogens (tertiary/aromatic N) is 5. The van der Waals surface area contributed by atoms with Crippen LogP contribution in [0.3, 0.4) is 0 Å². The topological polar surface area (TPSA) is 68.1 Å². The SMILES string of the molecule is COCCn1cnc2nc(Cl)nc(NCCN(C)C)c21. The fourth-order valence-electron chi connectivity index (χ4n) is 1.83. The maximum Gasteiger partial charge on any atom is 0.226 e. The quantitative estimate of drug-likeness (QED) is 0.772. The minimum Gasteiger partial charge on any atom is -0.383 e. The second kappa shape index (κ2) is 6.83. The number of hydrogen-bond donors (Lipinski definition) is 1. The van der Waals surface area contributed by atoms with Crippen LogP contribution in [0.5, 0.6) is 0 Å². The number of nitrogens with one attached hydrogen (secondary N) is 1. The lowest BCUT2D eigenvalue weighted by atomic mass is 10.4. The van der Waals surface area contributed by atoms with E-state index in [4.69, 9.17) is 16.3 Å². The van der Waals surface area contributed by atoms with E-state index >= 15 is 0 Å². The van der Waals surface area contributed by atoms with E-state index < -0.39 is 0 Å². The molecule has 0 aromatic carbocycles. The largest absolute Gasteiger partial charge is 0.383 e. The zero-order valence-electron chi connectivity index (χ0n) is 11.9. The van der Waals surface area contributed by atoms with Crippen LogP contribution in [0.2, 0.25) is 5.28 Å². The van der Waals surface area contributed by atoms with Gasteiger partial charge in [0.15, 0.2) is 11.5 Å². The van der Waals surface area contributed by atoms with Crippen LogP contribution in [0.4, 0.5) is 5.82 Å². The van der Waals surface area contributed by atoms with Gasteiger partial charge in [0.05, 0.1) is 12.9 Å². The average molecular weight is 299 g/mol. The molecule has 2 rings (SSSR count). The van der Waals surface area contributed by atoms with Crippen LogP contribution < -0.4 is 5.32 Å². The first-order valence-electron chi connectivity index (χ1n) is 6.37. The van der Waals surface area contributed by atoms with Crippen LogP contribution in [-0.4, -0.2) is 65.3 Å². The summed E-state index contributed by atoms with van der Waals surface area (Å²) in [6.07, 6.45) is 1.73. The molecule has 0 saturated heterocycles. The summed E-state index contributed by atoms with van der Waals surface area (Å²) >= 11 is 5.93. The zero-order valence-corrected chi connectivity index (χ0v) is 12.7. The Morgan fingerprint density at radius 3 is 2.90 bits per heavy atom. The number of rotatable bonds is 7. The first kappa shape index (κ1) is 15.0. The highest BCUT2D eigenvalue weighted by molar-refractivity contribution is 6.28. The molecule has 1 N–H and O–H groups in total. The molecule has 2 aromatic rings. The zero-order chi connectivity index (χ0) is 14.5. The highest BCUT2D eigenvalue weighted by Crippen LogP contribution is 2.21. The van der Waals surface area contributed by atoms with Gasteiger partial charge in [0.25, 0.3) is 0 Å². The minimum atomic E-state index is 0.196. The number of imidazole rings is 1. The number of anilines is 1. The van der Waals surface area contributed by atoms with Gasteiger partial charge in [-0.25, -0.2) is 4.98 Å². The van der Waals surface area contributed by atoms with E-state index in [2.05, 4.69) is 25.2 Å². The molecule has 0 spiro atoms. The van der Waals surface area contributed by atoms with Crippen molar-refractivity contribution in [1.82, 2.24) is 24.4 Å². The van der Waals surface area contributed by atoms with Gasteiger partial charge in [-0.15, -0.1) is 0 Å². The summed E-state index contributed by atoms with van der Waals surface area (Å²) in [4.78, 5) is 14.8. The third-order valence-electron chi connectivity index (χ3n) is 2.83. The van der Waals surface area contributed by atoms with Gasteiger partial charge in [0.1, 0.15) is 5.52 Å². The van der Waals surface area contributed by atoms with Gasteiger partial charge in [-0.2, -0.15) is 9.97 Å². The number of methoxy groups -OCH3 is 1. The van der Waals surface area contributed by atoms with Crippen LogP contribution in [0.15, 0.2) is 6.33 Å². The van der Waals surface area contributed by atoms with Gasteiger partial charge in [0, 0.05) is 26.7 Å². The number of hydrogen-bond acceptors (Lipinski definition) is 6. The Kier molecular flexibility index (Phi) is 5.11. The Bertz CT molecular complexity index is 570. The highest BCUT2D eigenvalue weighted by atomic mass is 35.5. The van der Waals surface area contributed by atoms with E-state index in [0.717, 1.165) is 18.6 Å². The van der Waals surface area contributed by atoms with Crippen molar-refractivity contribution in [3.63, 3.8) is 0 Å². The molecule has 0 atom stereocenters. The van der Waals surface area contributed by atoms with Gasteiger partial charge >= 0.3 is 0 Å². The lowest BCUT2D eigenvalue weighted by Gasteiger charge is -2.12. The molecule has 20 heavy (non-hydrogen) atoms. The molecule has 0 aliphatic heterocycles. The monoisotopic (exact) mass is 298 g/mol. The molecule has 0 unspecified atom stereocenters. The molecule has 0 radical (unpaired) electrons. The number of likely N-dealkylation sites (N-methyl/N-ethyl adjacent to an activating group) is 1. The molecule has 8 heteroatoms. The van der Waals surface area contributed by atoms with Gasteiger partial charge in [0.2, 0.25) is 5.28 Å². The average Bonchev–Trinajstić information content (AvgIpc) is 2.78. The van der Waals surface area contributed by atoms with Crippen molar-refractivity contribution in [2.75, 3.05) is 46.2 Å². The highest BCUT2D eigenvalue weighted by Gasteiger charge is 2.12. The van der Waals surface area contributed by atoms with Gasteiger partial charge in [-0.3, -0.25) is 0 Å². The third kappa shape index (κ3) is 3.56. The van der Waals surface area contributed by atoms with E-state index in [-0.39, 0.29) is 5.28 Å². The Balaban J connectivity index is 2.27. The van der Waals surface area contributed by atoms with Crippen molar-refractivity contribution >= 4 is 28.6 Å². The summed E-state index contributed by atoms with van der Waals surface area (Å²) in [7, 11) is 5.71. The smallest absolute Gasteiger partial charge is 0.226 e. The predicted molar refractivity (Wildman–Crippen MR) is 79.3 cm³/mol. The molecule has 110 valence electrons. The van der Waals surface area contributed by atoms with Crippen molar-refractivity contribution in [1.29, 1.82) is 0 Å². The lowest BCUT2D eigenvalue weighted by molar-refractivity contribution is 0.188. The van der Waals surface area contributed by atoms with Crippen LogP contribution in [-0.2, 0) is 11.3 Å². The van der Waals surface area contributed by atoms with E-state index in [1.807, 2.05) is 18.7 Å². The molecule has 0 saturated carbocycles. The molecule has 0 fully saturated rings. The molecule has 0 aliphatic carbocycles. The molecular weight excluding hydrogens is 280 g/mol. The van der Waals surface area contributed by atoms with Gasteiger partial charge in [-0.1, -0.05) is 0 Å². The lowest BCUT2D eigenvalue weighted by Crippen LogP contribution is -2.21. The summed E-state index contributed by atoms with van der Waals surface area (Å²) in [5.74, 6) is 0.704. The normalized spacial score (nSPS) is 11.4. The van der Waals surface area contributed by atoms with E-state index in [0.29, 0.717) is 24.6 Å². The molecule has 0 bridgehead atoms. The van der Waals surface area contributed by atoms with Crippen molar-refractivity contribution in [3.05, 3.63) is 11.6 Å². The molecular formula is C12H19ClN6O. The molecule has 0 amide bonds. The number of ether oxygens (including phenoxy) is 1. The summed E-state index contributed by atoms with van der Waals surface area (Å²) in [5.41, 5.74) is 1.44. The van der Waals surface area contributed by atoms with Crippen molar-refractivity contribution in [2.45, 2.75) is 6.54 Å². The Hall–Kier alpha value is -1.44. The number of halogens is 1. The predicted octanol–water partition coefficient (Wildman–Crippen LogP) is 1.10. The summed E-state index contributed by atoms with van der Waals surface area (Å²) < 4.78 is 7.06. The maximum atomic E-state index is 5.93. The first-order chi connectivity index (χ1) is 9.61.